The highest BCUT2D eigenvalue weighted by Gasteiger charge is 2.48. The third-order valence-electron chi connectivity index (χ3n) is 5.73. The quantitative estimate of drug-likeness (QED) is 0.274. The first-order valence-electron chi connectivity index (χ1n) is 12.1. The normalized spacial score (nSPS) is 23.4. The summed E-state index contributed by atoms with van der Waals surface area (Å²) in [6, 6.07) is 4.78. The molecule has 0 amide bonds. The first kappa shape index (κ1) is 28.6. The number of aromatic nitrogens is 4. The number of alkyl halides is 1. The Labute approximate surface area is 222 Å². The van der Waals surface area contributed by atoms with Gasteiger partial charge in [-0.3, -0.25) is 28.6 Å². The maximum atomic E-state index is 15.4. The van der Waals surface area contributed by atoms with Crippen LogP contribution in [0.25, 0.3) is 11.0 Å². The fourth-order valence-electron chi connectivity index (χ4n) is 4.05. The third kappa shape index (κ3) is 6.77. The zero-order valence-corrected chi connectivity index (χ0v) is 22.6. The van der Waals surface area contributed by atoms with Crippen LogP contribution in [0.1, 0.15) is 40.3 Å². The predicted octanol–water partition coefficient (Wildman–Crippen LogP) is 2.63. The second-order valence-electron chi connectivity index (χ2n) is 9.51. The van der Waals surface area contributed by atoms with Crippen molar-refractivity contribution in [3.05, 3.63) is 63.7 Å². The van der Waals surface area contributed by atoms with Gasteiger partial charge in [-0.15, -0.1) is 0 Å². The second kappa shape index (κ2) is 11.3. The Morgan fingerprint density at radius 2 is 2.03 bits per heavy atom. The SMILES string of the molecule is CC(C)OC(=O)[C@H](C)NP(=O)(OC[C@@H]1C[C@@](C)(F)[C@H](n2ccc(=O)[nH]c2=O)O1)Oc1cccc2nccnc12. The first-order chi connectivity index (χ1) is 18.4. The number of hydrogen-bond acceptors (Lipinski definition) is 10. The van der Waals surface area contributed by atoms with Crippen molar-refractivity contribution in [1.29, 1.82) is 0 Å². The molecule has 1 aromatic carbocycles. The zero-order chi connectivity index (χ0) is 28.4. The molecule has 0 saturated carbocycles. The van der Waals surface area contributed by atoms with Gasteiger partial charge in [0.05, 0.1) is 24.3 Å². The van der Waals surface area contributed by atoms with Crippen LogP contribution >= 0.6 is 7.75 Å². The molecular weight excluding hydrogens is 536 g/mol. The molecule has 0 spiro atoms. The summed E-state index contributed by atoms with van der Waals surface area (Å²) in [7, 11) is -4.34. The molecule has 5 atom stereocenters. The average Bonchev–Trinajstić information content (AvgIpc) is 3.16. The van der Waals surface area contributed by atoms with Gasteiger partial charge in [0.25, 0.3) is 5.56 Å². The van der Waals surface area contributed by atoms with Gasteiger partial charge >= 0.3 is 19.4 Å². The highest BCUT2D eigenvalue weighted by molar-refractivity contribution is 7.52. The summed E-state index contributed by atoms with van der Waals surface area (Å²) < 4.78 is 52.6. The number of aromatic amines is 1. The number of H-pyrrole nitrogens is 1. The highest BCUT2D eigenvalue weighted by atomic mass is 31.2. The van der Waals surface area contributed by atoms with Crippen molar-refractivity contribution in [1.82, 2.24) is 24.6 Å². The summed E-state index contributed by atoms with van der Waals surface area (Å²) in [6.07, 6.45) is 1.06. The standard InChI is InChI=1S/C24H29FN5O8P/c1-14(2)36-21(32)15(3)29-39(34,38-18-7-5-6-17-20(18)27-10-9-26-17)35-13-16-12-24(4,25)22(37-16)30-11-8-19(31)28-23(30)33/h5-11,14-16,22H,12-13H2,1-4H3,(H,29,34)(H,28,31,33)/t15-,16-,22+,24+,39?/m0/s1. The number of benzene rings is 1. The molecule has 1 unspecified atom stereocenters. The molecule has 1 aliphatic heterocycles. The number of hydrogen-bond donors (Lipinski definition) is 2. The molecule has 13 nitrogen and oxygen atoms in total. The number of carbonyl (C=O) groups is 1. The summed E-state index contributed by atoms with van der Waals surface area (Å²) >= 11 is 0. The Balaban J connectivity index is 1.56. The van der Waals surface area contributed by atoms with Crippen molar-refractivity contribution in [3.8, 4) is 5.75 Å². The van der Waals surface area contributed by atoms with Crippen molar-refractivity contribution in [2.45, 2.75) is 64.3 Å². The largest absolute Gasteiger partial charge is 0.462 e. The van der Waals surface area contributed by atoms with Gasteiger partial charge in [-0.05, 0) is 39.8 Å². The van der Waals surface area contributed by atoms with E-state index in [4.69, 9.17) is 18.5 Å². The lowest BCUT2D eigenvalue weighted by Crippen LogP contribution is -2.38. The Kier molecular flexibility index (Phi) is 8.31. The molecule has 210 valence electrons. The van der Waals surface area contributed by atoms with Crippen LogP contribution in [0.2, 0.25) is 0 Å². The summed E-state index contributed by atoms with van der Waals surface area (Å²) in [4.78, 5) is 46.5. The fourth-order valence-corrected chi connectivity index (χ4v) is 5.58. The van der Waals surface area contributed by atoms with Gasteiger partial charge in [0.1, 0.15) is 11.6 Å². The summed E-state index contributed by atoms with van der Waals surface area (Å²) in [5.74, 6) is -0.623. The molecular formula is C24H29FN5O8P. The Hall–Kier alpha value is -3.45. The molecule has 1 saturated heterocycles. The molecule has 39 heavy (non-hydrogen) atoms. The number of nitrogens with zero attached hydrogens (tertiary/aromatic N) is 3. The van der Waals surface area contributed by atoms with E-state index < -0.39 is 61.7 Å². The van der Waals surface area contributed by atoms with Crippen molar-refractivity contribution >= 4 is 24.7 Å². The zero-order valence-electron chi connectivity index (χ0n) is 21.7. The topological polar surface area (TPSA) is 164 Å². The number of esters is 1. The van der Waals surface area contributed by atoms with Gasteiger partial charge in [-0.1, -0.05) is 6.07 Å². The Bertz CT molecular complexity index is 1500. The van der Waals surface area contributed by atoms with Crippen LogP contribution in [-0.4, -0.2) is 56.0 Å². The van der Waals surface area contributed by atoms with Crippen LogP contribution in [0.5, 0.6) is 5.75 Å². The molecule has 3 aromatic rings. The van der Waals surface area contributed by atoms with Crippen LogP contribution in [0.4, 0.5) is 4.39 Å². The van der Waals surface area contributed by atoms with Crippen LogP contribution < -0.4 is 20.9 Å². The van der Waals surface area contributed by atoms with E-state index in [0.717, 1.165) is 16.8 Å². The van der Waals surface area contributed by atoms with Crippen LogP contribution in [-0.2, 0) is 23.4 Å². The molecule has 3 heterocycles. The fraction of sp³-hybridized carbons (Fsp3) is 0.458. The minimum atomic E-state index is -4.34. The molecule has 1 aliphatic rings. The third-order valence-corrected chi connectivity index (χ3v) is 7.36. The second-order valence-corrected chi connectivity index (χ2v) is 11.2. The summed E-state index contributed by atoms with van der Waals surface area (Å²) in [5.41, 5.74) is -2.75. The van der Waals surface area contributed by atoms with Gasteiger partial charge in [-0.2, -0.15) is 5.09 Å². The highest BCUT2D eigenvalue weighted by Crippen LogP contribution is 2.48. The number of halogens is 1. The summed E-state index contributed by atoms with van der Waals surface area (Å²) in [5, 5.41) is 2.56. The van der Waals surface area contributed by atoms with Crippen LogP contribution in [0.3, 0.4) is 0 Å². The van der Waals surface area contributed by atoms with E-state index in [1.165, 1.54) is 32.3 Å². The number of rotatable bonds is 10. The van der Waals surface area contributed by atoms with E-state index in [0.29, 0.717) is 11.0 Å². The van der Waals surface area contributed by atoms with Crippen LogP contribution in [0.15, 0.2) is 52.4 Å². The lowest BCUT2D eigenvalue weighted by Gasteiger charge is -2.24. The van der Waals surface area contributed by atoms with Crippen LogP contribution in [0, 0.1) is 0 Å². The molecule has 4 rings (SSSR count). The van der Waals surface area contributed by atoms with E-state index in [1.54, 1.807) is 26.0 Å². The minimum absolute atomic E-state index is 0.0706. The summed E-state index contributed by atoms with van der Waals surface area (Å²) in [6.45, 7) is 5.57. The van der Waals surface area contributed by atoms with E-state index >= 15 is 4.39 Å². The molecule has 15 heteroatoms. The van der Waals surface area contributed by atoms with Gasteiger partial charge in [-0.25, -0.2) is 18.7 Å². The van der Waals surface area contributed by atoms with E-state index in [9.17, 15) is 18.9 Å². The Morgan fingerprint density at radius 1 is 1.28 bits per heavy atom. The lowest BCUT2D eigenvalue weighted by atomic mass is 10.0. The van der Waals surface area contributed by atoms with E-state index in [1.807, 2.05) is 0 Å². The molecule has 0 radical (unpaired) electrons. The number of nitrogens with one attached hydrogen (secondary N) is 2. The average molecular weight is 565 g/mol. The van der Waals surface area contributed by atoms with Gasteiger partial charge in [0, 0.05) is 31.1 Å². The van der Waals surface area contributed by atoms with Gasteiger partial charge in [0.2, 0.25) is 0 Å². The Morgan fingerprint density at radius 3 is 2.74 bits per heavy atom. The lowest BCUT2D eigenvalue weighted by molar-refractivity contribution is -0.149. The van der Waals surface area contributed by atoms with Crippen molar-refractivity contribution in [2.75, 3.05) is 6.61 Å². The van der Waals surface area contributed by atoms with Crippen molar-refractivity contribution < 1.29 is 32.3 Å². The first-order valence-corrected chi connectivity index (χ1v) is 13.7. The monoisotopic (exact) mass is 565 g/mol. The van der Waals surface area contributed by atoms with Gasteiger partial charge < -0.3 is 14.0 Å². The molecule has 1 fully saturated rings. The van der Waals surface area contributed by atoms with E-state index in [-0.39, 0.29) is 12.2 Å². The number of para-hydroxylation sites is 1. The number of fused-ring (bicyclic) bond motifs is 1. The van der Waals surface area contributed by atoms with E-state index in [2.05, 4.69) is 20.0 Å². The molecule has 2 aromatic heterocycles. The van der Waals surface area contributed by atoms with Gasteiger partial charge in [0.15, 0.2) is 17.6 Å². The van der Waals surface area contributed by atoms with Crippen molar-refractivity contribution in [3.63, 3.8) is 0 Å². The maximum Gasteiger partial charge on any atom is 0.459 e. The number of ether oxygens (including phenoxy) is 2. The molecule has 2 N–H and O–H groups in total. The maximum absolute atomic E-state index is 15.4. The predicted molar refractivity (Wildman–Crippen MR) is 137 cm³/mol. The molecule has 0 bridgehead atoms. The minimum Gasteiger partial charge on any atom is -0.462 e. The smallest absolute Gasteiger partial charge is 0.459 e. The van der Waals surface area contributed by atoms with Crippen molar-refractivity contribution in [2.24, 2.45) is 0 Å². The molecule has 0 aliphatic carbocycles. The number of carbonyl (C=O) groups excluding carboxylic acids is 1.